The Morgan fingerprint density at radius 1 is 1.31 bits per heavy atom. The maximum atomic E-state index is 11.5. The fourth-order valence-corrected chi connectivity index (χ4v) is 1.82. The summed E-state index contributed by atoms with van der Waals surface area (Å²) in [7, 11) is 2.83. The molecule has 0 aliphatic carbocycles. The van der Waals surface area contributed by atoms with Crippen LogP contribution in [0.3, 0.4) is 0 Å². The summed E-state index contributed by atoms with van der Waals surface area (Å²) < 4.78 is 9.79. The minimum Gasteiger partial charge on any atom is -0.496 e. The topological polar surface area (TPSA) is 35.5 Å². The third-order valence-corrected chi connectivity index (χ3v) is 2.67. The van der Waals surface area contributed by atoms with Crippen LogP contribution in [-0.2, 0) is 4.74 Å². The molecule has 0 unspecified atom stereocenters. The fraction of sp³-hybridized carbons (Fsp3) is 0.417. The molecule has 0 bridgehead atoms. The molecule has 0 fully saturated rings. The van der Waals surface area contributed by atoms with Gasteiger partial charge in [0.05, 0.1) is 14.2 Å². The summed E-state index contributed by atoms with van der Waals surface area (Å²) in [5.74, 6) is 0.249. The summed E-state index contributed by atoms with van der Waals surface area (Å²) in [5, 5.41) is 0.597. The summed E-state index contributed by atoms with van der Waals surface area (Å²) in [6.45, 7) is 4.02. The Labute approximate surface area is 100 Å². The molecule has 0 radical (unpaired) electrons. The number of halogens is 1. The molecule has 3 nitrogen and oxygen atoms in total. The number of benzene rings is 1. The molecule has 0 atom stereocenters. The average molecular weight is 243 g/mol. The summed E-state index contributed by atoms with van der Waals surface area (Å²) in [4.78, 5) is 11.5. The van der Waals surface area contributed by atoms with E-state index in [1.54, 1.807) is 12.1 Å². The molecule has 0 aliphatic rings. The number of carbonyl (C=O) groups is 1. The Bertz CT molecular complexity index is 399. The van der Waals surface area contributed by atoms with Crippen LogP contribution in [0.4, 0.5) is 0 Å². The van der Waals surface area contributed by atoms with Gasteiger partial charge < -0.3 is 9.47 Å². The lowest BCUT2D eigenvalue weighted by Crippen LogP contribution is -2.06. The molecule has 0 aliphatic heterocycles. The van der Waals surface area contributed by atoms with Crippen LogP contribution in [0.15, 0.2) is 12.1 Å². The second-order valence-corrected chi connectivity index (χ2v) is 4.13. The number of hydrogen-bond donors (Lipinski definition) is 0. The van der Waals surface area contributed by atoms with Crippen molar-refractivity contribution in [1.82, 2.24) is 0 Å². The Morgan fingerprint density at radius 3 is 2.38 bits per heavy atom. The molecular weight excluding hydrogens is 228 g/mol. The molecule has 1 aromatic carbocycles. The minimum absolute atomic E-state index is 0.238. The zero-order valence-electron chi connectivity index (χ0n) is 9.83. The Morgan fingerprint density at radius 2 is 1.94 bits per heavy atom. The molecule has 1 aromatic rings. The molecule has 0 N–H and O–H groups in total. The molecular formula is C12H15ClO3. The van der Waals surface area contributed by atoms with Gasteiger partial charge in [0, 0.05) is 5.02 Å². The quantitative estimate of drug-likeness (QED) is 0.764. The predicted octanol–water partition coefficient (Wildman–Crippen LogP) is 3.26. The van der Waals surface area contributed by atoms with Gasteiger partial charge in [-0.05, 0) is 23.6 Å². The van der Waals surface area contributed by atoms with Crippen molar-refractivity contribution in [2.45, 2.75) is 19.8 Å². The zero-order chi connectivity index (χ0) is 12.3. The lowest BCUT2D eigenvalue weighted by molar-refractivity contribution is 0.0597. The van der Waals surface area contributed by atoms with Crippen molar-refractivity contribution < 1.29 is 14.3 Å². The van der Waals surface area contributed by atoms with Gasteiger partial charge in [0.1, 0.15) is 11.3 Å². The Kier molecular flexibility index (Phi) is 4.19. The van der Waals surface area contributed by atoms with Crippen LogP contribution in [0.1, 0.15) is 35.7 Å². The number of methoxy groups -OCH3 is 2. The van der Waals surface area contributed by atoms with Crippen molar-refractivity contribution in [2.75, 3.05) is 14.2 Å². The molecule has 0 saturated heterocycles. The molecule has 0 spiro atoms. The molecule has 0 heterocycles. The summed E-state index contributed by atoms with van der Waals surface area (Å²) in [5.41, 5.74) is 1.31. The normalized spacial score (nSPS) is 10.4. The van der Waals surface area contributed by atoms with E-state index in [0.29, 0.717) is 16.3 Å². The first-order valence-corrected chi connectivity index (χ1v) is 5.34. The SMILES string of the molecule is COC(=O)c1cc(C(C)C)c(Cl)cc1OC. The first-order valence-electron chi connectivity index (χ1n) is 4.97. The third-order valence-electron chi connectivity index (χ3n) is 2.35. The molecule has 4 heteroatoms. The van der Waals surface area contributed by atoms with Crippen molar-refractivity contribution in [3.05, 3.63) is 28.3 Å². The van der Waals surface area contributed by atoms with E-state index < -0.39 is 5.97 Å². The van der Waals surface area contributed by atoms with E-state index in [1.165, 1.54) is 14.2 Å². The smallest absolute Gasteiger partial charge is 0.341 e. The average Bonchev–Trinajstić information content (AvgIpc) is 2.27. The highest BCUT2D eigenvalue weighted by Crippen LogP contribution is 2.31. The van der Waals surface area contributed by atoms with E-state index in [-0.39, 0.29) is 5.92 Å². The van der Waals surface area contributed by atoms with Crippen LogP contribution in [-0.4, -0.2) is 20.2 Å². The van der Waals surface area contributed by atoms with E-state index in [0.717, 1.165) is 5.56 Å². The molecule has 0 saturated carbocycles. The maximum absolute atomic E-state index is 11.5. The number of carbonyl (C=O) groups excluding carboxylic acids is 1. The first-order chi connectivity index (χ1) is 7.51. The molecule has 0 amide bonds. The van der Waals surface area contributed by atoms with Crippen LogP contribution in [0.25, 0.3) is 0 Å². The summed E-state index contributed by atoms with van der Waals surface area (Å²) in [6, 6.07) is 3.36. The lowest BCUT2D eigenvalue weighted by Gasteiger charge is -2.13. The van der Waals surface area contributed by atoms with Crippen LogP contribution in [0.5, 0.6) is 5.75 Å². The predicted molar refractivity (Wildman–Crippen MR) is 63.4 cm³/mol. The Balaban J connectivity index is 3.34. The van der Waals surface area contributed by atoms with Crippen molar-refractivity contribution in [1.29, 1.82) is 0 Å². The van der Waals surface area contributed by atoms with Gasteiger partial charge in [-0.2, -0.15) is 0 Å². The molecule has 16 heavy (non-hydrogen) atoms. The highest BCUT2D eigenvalue weighted by Gasteiger charge is 2.17. The van der Waals surface area contributed by atoms with Gasteiger partial charge in [-0.1, -0.05) is 25.4 Å². The van der Waals surface area contributed by atoms with E-state index in [1.807, 2.05) is 13.8 Å². The number of rotatable bonds is 3. The molecule has 88 valence electrons. The largest absolute Gasteiger partial charge is 0.496 e. The Hall–Kier alpha value is -1.22. The highest BCUT2D eigenvalue weighted by atomic mass is 35.5. The highest BCUT2D eigenvalue weighted by molar-refractivity contribution is 6.31. The van der Waals surface area contributed by atoms with Gasteiger partial charge in [-0.3, -0.25) is 0 Å². The number of ether oxygens (including phenoxy) is 2. The van der Waals surface area contributed by atoms with Crippen LogP contribution < -0.4 is 4.74 Å². The molecule has 0 aromatic heterocycles. The van der Waals surface area contributed by atoms with Gasteiger partial charge in [0.25, 0.3) is 0 Å². The fourth-order valence-electron chi connectivity index (χ4n) is 1.45. The number of hydrogen-bond acceptors (Lipinski definition) is 3. The van der Waals surface area contributed by atoms with Crippen molar-refractivity contribution in [3.63, 3.8) is 0 Å². The van der Waals surface area contributed by atoms with Gasteiger partial charge >= 0.3 is 5.97 Å². The van der Waals surface area contributed by atoms with Crippen molar-refractivity contribution in [3.8, 4) is 5.75 Å². The van der Waals surface area contributed by atoms with Gasteiger partial charge in [-0.15, -0.1) is 0 Å². The number of esters is 1. The van der Waals surface area contributed by atoms with Crippen molar-refractivity contribution in [2.24, 2.45) is 0 Å². The second-order valence-electron chi connectivity index (χ2n) is 3.72. The summed E-state index contributed by atoms with van der Waals surface area (Å²) >= 11 is 6.09. The van der Waals surface area contributed by atoms with Crippen molar-refractivity contribution >= 4 is 17.6 Å². The minimum atomic E-state index is -0.421. The lowest BCUT2D eigenvalue weighted by atomic mass is 10.00. The van der Waals surface area contributed by atoms with Gasteiger partial charge in [0.2, 0.25) is 0 Å². The van der Waals surface area contributed by atoms with Crippen LogP contribution in [0.2, 0.25) is 5.02 Å². The van der Waals surface area contributed by atoms with Crippen LogP contribution >= 0.6 is 11.6 Å². The maximum Gasteiger partial charge on any atom is 0.341 e. The van der Waals surface area contributed by atoms with Gasteiger partial charge in [0.15, 0.2) is 0 Å². The first kappa shape index (κ1) is 12.8. The van der Waals surface area contributed by atoms with Gasteiger partial charge in [-0.25, -0.2) is 4.79 Å². The van der Waals surface area contributed by atoms with Crippen LogP contribution in [0, 0.1) is 0 Å². The van der Waals surface area contributed by atoms with E-state index in [2.05, 4.69) is 0 Å². The monoisotopic (exact) mass is 242 g/mol. The zero-order valence-corrected chi connectivity index (χ0v) is 10.6. The third kappa shape index (κ3) is 2.47. The van der Waals surface area contributed by atoms with E-state index in [9.17, 15) is 4.79 Å². The molecule has 1 rings (SSSR count). The second kappa shape index (κ2) is 5.21. The summed E-state index contributed by atoms with van der Waals surface area (Å²) in [6.07, 6.45) is 0. The van der Waals surface area contributed by atoms with E-state index in [4.69, 9.17) is 21.1 Å². The van der Waals surface area contributed by atoms with E-state index >= 15 is 0 Å². The standard InChI is InChI=1S/C12H15ClO3/c1-7(2)8-5-9(12(14)16-4)11(15-3)6-10(8)13/h5-7H,1-4H3.